The molecule has 2 rings (SSSR count). The van der Waals surface area contributed by atoms with E-state index in [1.54, 1.807) is 36.3 Å². The molecule has 2 aromatic rings. The van der Waals surface area contributed by atoms with Gasteiger partial charge in [-0.3, -0.25) is 0 Å². The third kappa shape index (κ3) is 2.80. The molecule has 0 bridgehead atoms. The Hall–Kier alpha value is -1.37. The highest BCUT2D eigenvalue weighted by atomic mass is 32.2. The molecule has 6 heteroatoms. The van der Waals surface area contributed by atoms with Crippen molar-refractivity contribution in [2.45, 2.75) is 6.61 Å². The van der Waals surface area contributed by atoms with E-state index < -0.39 is 0 Å². The van der Waals surface area contributed by atoms with Crippen molar-refractivity contribution in [3.63, 3.8) is 0 Å². The number of rotatable bonds is 5. The first kappa shape index (κ1) is 14.0. The topological polar surface area (TPSA) is 61.0 Å². The van der Waals surface area contributed by atoms with E-state index in [4.69, 9.17) is 10.5 Å². The number of allylic oxidation sites excluding steroid dienone is 2. The summed E-state index contributed by atoms with van der Waals surface area (Å²) in [6, 6.07) is 0. The Labute approximate surface area is 120 Å². The maximum absolute atomic E-state index is 6.06. The van der Waals surface area contributed by atoms with Crippen molar-refractivity contribution in [2.75, 3.05) is 19.1 Å². The van der Waals surface area contributed by atoms with Crippen LogP contribution in [-0.2, 0) is 11.3 Å². The van der Waals surface area contributed by atoms with Crippen molar-refractivity contribution in [3.8, 4) is 0 Å². The third-order valence-electron chi connectivity index (χ3n) is 2.55. The molecule has 100 valence electrons. The molecular weight excluding hydrogens is 278 g/mol. The zero-order chi connectivity index (χ0) is 13.8. The maximum Gasteiger partial charge on any atom is 0.169 e. The number of thiophene rings is 1. The fraction of sp³-hybridized carbons (Fsp3) is 0.231. The second-order valence-corrected chi connectivity index (χ2v) is 5.48. The Morgan fingerprint density at radius 1 is 1.58 bits per heavy atom. The lowest BCUT2D eigenvalue weighted by molar-refractivity contribution is 0.186. The van der Waals surface area contributed by atoms with Crippen molar-refractivity contribution < 1.29 is 4.74 Å². The molecule has 0 saturated heterocycles. The second kappa shape index (κ2) is 6.18. The van der Waals surface area contributed by atoms with Crippen LogP contribution in [0.15, 0.2) is 24.1 Å². The first-order valence-electron chi connectivity index (χ1n) is 5.60. The van der Waals surface area contributed by atoms with E-state index in [9.17, 15) is 0 Å². The largest absolute Gasteiger partial charge is 0.383 e. The van der Waals surface area contributed by atoms with Crippen LogP contribution in [0.2, 0.25) is 0 Å². The number of aromatic nitrogens is 2. The van der Waals surface area contributed by atoms with Gasteiger partial charge in [0, 0.05) is 12.7 Å². The van der Waals surface area contributed by atoms with E-state index in [0.717, 1.165) is 20.7 Å². The van der Waals surface area contributed by atoms with Crippen LogP contribution in [0.25, 0.3) is 15.1 Å². The van der Waals surface area contributed by atoms with E-state index in [1.807, 2.05) is 17.7 Å². The van der Waals surface area contributed by atoms with Gasteiger partial charge in [0.2, 0.25) is 0 Å². The standard InChI is InChI=1S/C13H15N3OS2/c1-4-5-9(18-3)12-15-11(14)10-8(6-17-2)7-19-13(10)16-12/h4-5,7H,1,6H2,2-3H3,(H2,14,15,16)/b9-5-. The first-order valence-corrected chi connectivity index (χ1v) is 7.71. The molecule has 0 aromatic carbocycles. The van der Waals surface area contributed by atoms with Gasteiger partial charge in [-0.05, 0) is 17.7 Å². The minimum atomic E-state index is 0.498. The van der Waals surface area contributed by atoms with Crippen LogP contribution in [-0.4, -0.2) is 23.3 Å². The maximum atomic E-state index is 6.06. The predicted octanol–water partition coefficient (Wildman–Crippen LogP) is 3.31. The van der Waals surface area contributed by atoms with Crippen molar-refractivity contribution >= 4 is 44.0 Å². The lowest BCUT2D eigenvalue weighted by atomic mass is 10.2. The highest BCUT2D eigenvalue weighted by molar-refractivity contribution is 8.07. The fourth-order valence-electron chi connectivity index (χ4n) is 1.74. The van der Waals surface area contributed by atoms with Crippen LogP contribution >= 0.6 is 23.1 Å². The smallest absolute Gasteiger partial charge is 0.169 e. The van der Waals surface area contributed by atoms with Gasteiger partial charge < -0.3 is 10.5 Å². The molecule has 0 unspecified atom stereocenters. The summed E-state index contributed by atoms with van der Waals surface area (Å²) < 4.78 is 5.15. The van der Waals surface area contributed by atoms with E-state index in [-0.39, 0.29) is 0 Å². The number of methoxy groups -OCH3 is 1. The molecule has 4 nitrogen and oxygen atoms in total. The molecule has 2 heterocycles. The molecule has 19 heavy (non-hydrogen) atoms. The highest BCUT2D eigenvalue weighted by Gasteiger charge is 2.13. The molecule has 0 fully saturated rings. The van der Waals surface area contributed by atoms with Gasteiger partial charge >= 0.3 is 0 Å². The van der Waals surface area contributed by atoms with Gasteiger partial charge in [0.05, 0.1) is 16.9 Å². The summed E-state index contributed by atoms with van der Waals surface area (Å²) in [7, 11) is 1.66. The van der Waals surface area contributed by atoms with E-state index in [2.05, 4.69) is 16.5 Å². The SMILES string of the molecule is C=C/C=C(\SC)c1nc(N)c2c(COC)csc2n1. The summed E-state index contributed by atoms with van der Waals surface area (Å²) in [6.45, 7) is 4.22. The monoisotopic (exact) mass is 293 g/mol. The van der Waals surface area contributed by atoms with Gasteiger partial charge in [-0.1, -0.05) is 12.7 Å². The summed E-state index contributed by atoms with van der Waals surface area (Å²) >= 11 is 3.13. The Kier molecular flexibility index (Phi) is 4.57. The second-order valence-electron chi connectivity index (χ2n) is 3.78. The molecule has 0 aliphatic heterocycles. The van der Waals surface area contributed by atoms with Crippen molar-refractivity contribution in [2.24, 2.45) is 0 Å². The number of ether oxygens (including phenoxy) is 1. The number of nitrogens with two attached hydrogens (primary N) is 1. The summed E-state index contributed by atoms with van der Waals surface area (Å²) in [6.07, 6.45) is 5.58. The number of anilines is 1. The van der Waals surface area contributed by atoms with Gasteiger partial charge in [0.15, 0.2) is 5.82 Å². The normalized spacial score (nSPS) is 12.0. The van der Waals surface area contributed by atoms with E-state index in [0.29, 0.717) is 18.2 Å². The van der Waals surface area contributed by atoms with E-state index >= 15 is 0 Å². The zero-order valence-corrected chi connectivity index (χ0v) is 12.5. The van der Waals surface area contributed by atoms with Crippen LogP contribution in [0, 0.1) is 0 Å². The minimum absolute atomic E-state index is 0.498. The van der Waals surface area contributed by atoms with Crippen LogP contribution in [0.5, 0.6) is 0 Å². The molecule has 0 radical (unpaired) electrons. The van der Waals surface area contributed by atoms with Crippen molar-refractivity contribution in [1.82, 2.24) is 9.97 Å². The summed E-state index contributed by atoms with van der Waals surface area (Å²) in [5.41, 5.74) is 7.09. The Bertz CT molecular complexity index is 634. The first-order chi connectivity index (χ1) is 9.21. The Balaban J connectivity index is 2.57. The average Bonchev–Trinajstić information content (AvgIpc) is 2.80. The van der Waals surface area contributed by atoms with Gasteiger partial charge in [-0.25, -0.2) is 9.97 Å². The lowest BCUT2D eigenvalue weighted by Crippen LogP contribution is -1.99. The van der Waals surface area contributed by atoms with Gasteiger partial charge in [0.1, 0.15) is 10.6 Å². The molecule has 0 aliphatic rings. The lowest BCUT2D eigenvalue weighted by Gasteiger charge is -2.05. The Morgan fingerprint density at radius 2 is 2.37 bits per heavy atom. The minimum Gasteiger partial charge on any atom is -0.383 e. The van der Waals surface area contributed by atoms with Gasteiger partial charge in [-0.2, -0.15) is 0 Å². The molecule has 0 saturated carbocycles. The van der Waals surface area contributed by atoms with Gasteiger partial charge in [0.25, 0.3) is 0 Å². The molecule has 0 atom stereocenters. The molecule has 0 amide bonds. The molecule has 2 aromatic heterocycles. The molecular formula is C13H15N3OS2. The number of nitrogen functional groups attached to an aromatic ring is 1. The molecule has 0 spiro atoms. The highest BCUT2D eigenvalue weighted by Crippen LogP contribution is 2.32. The van der Waals surface area contributed by atoms with Crippen LogP contribution < -0.4 is 5.73 Å². The average molecular weight is 293 g/mol. The van der Waals surface area contributed by atoms with Crippen LogP contribution in [0.3, 0.4) is 0 Å². The molecule has 2 N–H and O–H groups in total. The summed E-state index contributed by atoms with van der Waals surface area (Å²) in [5, 5.41) is 2.91. The van der Waals surface area contributed by atoms with Crippen molar-refractivity contribution in [1.29, 1.82) is 0 Å². The zero-order valence-electron chi connectivity index (χ0n) is 10.8. The van der Waals surface area contributed by atoms with Crippen molar-refractivity contribution in [3.05, 3.63) is 35.5 Å². The van der Waals surface area contributed by atoms with Gasteiger partial charge in [-0.15, -0.1) is 23.1 Å². The quantitative estimate of drug-likeness (QED) is 0.857. The Morgan fingerprint density at radius 3 is 3.00 bits per heavy atom. The van der Waals surface area contributed by atoms with Crippen LogP contribution in [0.4, 0.5) is 5.82 Å². The fourth-order valence-corrected chi connectivity index (χ4v) is 3.18. The molecule has 0 aliphatic carbocycles. The predicted molar refractivity (Wildman–Crippen MR) is 84.2 cm³/mol. The number of thioether (sulfide) groups is 1. The van der Waals surface area contributed by atoms with E-state index in [1.165, 1.54) is 0 Å². The number of hydrogen-bond donors (Lipinski definition) is 1. The number of hydrogen-bond acceptors (Lipinski definition) is 6. The number of nitrogens with zero attached hydrogens (tertiary/aromatic N) is 2. The summed E-state index contributed by atoms with van der Waals surface area (Å²) in [5.74, 6) is 1.14. The number of fused-ring (bicyclic) bond motifs is 1. The van der Waals surface area contributed by atoms with Crippen LogP contribution in [0.1, 0.15) is 11.4 Å². The third-order valence-corrected chi connectivity index (χ3v) is 4.23. The summed E-state index contributed by atoms with van der Waals surface area (Å²) in [4.78, 5) is 10.8.